The van der Waals surface area contributed by atoms with Crippen LogP contribution >= 0.6 is 0 Å². The summed E-state index contributed by atoms with van der Waals surface area (Å²) in [5.41, 5.74) is 1.22. The highest BCUT2D eigenvalue weighted by Gasteiger charge is 2.25. The van der Waals surface area contributed by atoms with E-state index in [-0.39, 0.29) is 12.5 Å². The van der Waals surface area contributed by atoms with Gasteiger partial charge >= 0.3 is 5.97 Å². The van der Waals surface area contributed by atoms with Crippen LogP contribution in [0.4, 0.5) is 0 Å². The van der Waals surface area contributed by atoms with Gasteiger partial charge in [0.15, 0.2) is 0 Å². The Morgan fingerprint density at radius 2 is 1.90 bits per heavy atom. The lowest BCUT2D eigenvalue weighted by atomic mass is 10.0. The van der Waals surface area contributed by atoms with Gasteiger partial charge in [-0.15, -0.1) is 0 Å². The van der Waals surface area contributed by atoms with E-state index < -0.39 is 11.6 Å². The van der Waals surface area contributed by atoms with Crippen LogP contribution in [0.1, 0.15) is 39.2 Å². The Morgan fingerprint density at radius 1 is 1.24 bits per heavy atom. The van der Waals surface area contributed by atoms with E-state index in [0.717, 1.165) is 11.3 Å². The van der Waals surface area contributed by atoms with E-state index in [1.807, 2.05) is 30.3 Å². The molecule has 0 atom stereocenters. The van der Waals surface area contributed by atoms with Crippen LogP contribution in [0, 0.1) is 0 Å². The molecule has 1 aromatic rings. The largest absolute Gasteiger partial charge is 0.459 e. The second kappa shape index (κ2) is 6.08. The van der Waals surface area contributed by atoms with Gasteiger partial charge in [0.05, 0.1) is 5.71 Å². The van der Waals surface area contributed by atoms with Gasteiger partial charge < -0.3 is 4.74 Å². The average molecular weight is 288 g/mol. The Kier molecular flexibility index (Phi) is 4.40. The molecule has 21 heavy (non-hydrogen) atoms. The number of benzene rings is 1. The summed E-state index contributed by atoms with van der Waals surface area (Å²) in [7, 11) is 0. The molecule has 0 saturated heterocycles. The van der Waals surface area contributed by atoms with Gasteiger partial charge in [-0.25, -0.2) is 5.01 Å². The van der Waals surface area contributed by atoms with Crippen LogP contribution in [0.3, 0.4) is 0 Å². The van der Waals surface area contributed by atoms with Crippen molar-refractivity contribution >= 4 is 17.6 Å². The zero-order valence-electron chi connectivity index (χ0n) is 12.6. The van der Waals surface area contributed by atoms with E-state index in [0.29, 0.717) is 12.8 Å². The summed E-state index contributed by atoms with van der Waals surface area (Å²) in [5.74, 6) is -0.602. The Morgan fingerprint density at radius 3 is 2.52 bits per heavy atom. The molecule has 0 unspecified atom stereocenters. The second-order valence-electron chi connectivity index (χ2n) is 5.95. The van der Waals surface area contributed by atoms with Gasteiger partial charge in [-0.2, -0.15) is 5.10 Å². The van der Waals surface area contributed by atoms with Crippen LogP contribution in [-0.2, 0) is 14.3 Å². The van der Waals surface area contributed by atoms with Crippen LogP contribution in [0.2, 0.25) is 0 Å². The molecule has 0 aliphatic carbocycles. The summed E-state index contributed by atoms with van der Waals surface area (Å²) in [4.78, 5) is 23.7. The minimum absolute atomic E-state index is 0.146. The average Bonchev–Trinajstić information content (AvgIpc) is 2.40. The third-order valence-corrected chi connectivity index (χ3v) is 2.91. The number of hydrogen-bond donors (Lipinski definition) is 0. The van der Waals surface area contributed by atoms with Crippen molar-refractivity contribution in [2.75, 3.05) is 6.54 Å². The molecule has 1 heterocycles. The van der Waals surface area contributed by atoms with E-state index in [1.165, 1.54) is 5.01 Å². The highest BCUT2D eigenvalue weighted by molar-refractivity contribution is 6.04. The van der Waals surface area contributed by atoms with Gasteiger partial charge in [-0.05, 0) is 26.3 Å². The zero-order chi connectivity index (χ0) is 15.5. The monoisotopic (exact) mass is 288 g/mol. The number of hydrogen-bond acceptors (Lipinski definition) is 4. The summed E-state index contributed by atoms with van der Waals surface area (Å²) in [5, 5.41) is 5.51. The van der Waals surface area contributed by atoms with Gasteiger partial charge in [0, 0.05) is 12.8 Å². The van der Waals surface area contributed by atoms with E-state index in [9.17, 15) is 9.59 Å². The smallest absolute Gasteiger partial charge is 0.328 e. The molecular weight excluding hydrogens is 268 g/mol. The highest BCUT2D eigenvalue weighted by Crippen LogP contribution is 2.16. The van der Waals surface area contributed by atoms with Crippen molar-refractivity contribution in [3.8, 4) is 0 Å². The predicted octanol–water partition coefficient (Wildman–Crippen LogP) is 2.35. The Hall–Kier alpha value is -2.17. The second-order valence-corrected chi connectivity index (χ2v) is 5.95. The maximum atomic E-state index is 11.9. The van der Waals surface area contributed by atoms with Gasteiger partial charge in [-0.3, -0.25) is 9.59 Å². The molecule has 0 spiro atoms. The SMILES string of the molecule is CC(C)(C)OC(=O)CN1N=C(c2ccccc2)CCC1=O. The molecule has 2 rings (SSSR count). The number of ether oxygens (including phenoxy) is 1. The molecule has 5 heteroatoms. The Bertz CT molecular complexity index is 559. The molecule has 112 valence electrons. The fourth-order valence-corrected chi connectivity index (χ4v) is 2.06. The number of hydrazone groups is 1. The minimum Gasteiger partial charge on any atom is -0.459 e. The summed E-state index contributed by atoms with van der Waals surface area (Å²) in [6.07, 6.45) is 0.949. The number of amides is 1. The normalized spacial score (nSPS) is 15.7. The van der Waals surface area contributed by atoms with Crippen molar-refractivity contribution in [1.82, 2.24) is 5.01 Å². The molecule has 1 aromatic carbocycles. The van der Waals surface area contributed by atoms with E-state index in [2.05, 4.69) is 5.10 Å². The van der Waals surface area contributed by atoms with Crippen LogP contribution in [0.15, 0.2) is 35.4 Å². The molecule has 0 saturated carbocycles. The number of esters is 1. The fourth-order valence-electron chi connectivity index (χ4n) is 2.06. The molecule has 1 aliphatic heterocycles. The molecule has 5 nitrogen and oxygen atoms in total. The van der Waals surface area contributed by atoms with Crippen molar-refractivity contribution in [2.24, 2.45) is 5.10 Å². The summed E-state index contributed by atoms with van der Waals surface area (Å²) >= 11 is 0. The molecule has 0 N–H and O–H groups in total. The molecular formula is C16H20N2O3. The molecule has 0 radical (unpaired) electrons. The van der Waals surface area contributed by atoms with Gasteiger partial charge in [0.25, 0.3) is 0 Å². The third kappa shape index (κ3) is 4.41. The van der Waals surface area contributed by atoms with Crippen molar-refractivity contribution in [3.63, 3.8) is 0 Å². The van der Waals surface area contributed by atoms with Crippen molar-refractivity contribution in [2.45, 2.75) is 39.2 Å². The number of carbonyl (C=O) groups excluding carboxylic acids is 2. The van der Waals surface area contributed by atoms with Crippen LogP contribution in [0.5, 0.6) is 0 Å². The summed E-state index contributed by atoms with van der Waals surface area (Å²) in [6.45, 7) is 5.23. The molecule has 0 fully saturated rings. The first-order valence-corrected chi connectivity index (χ1v) is 7.00. The quantitative estimate of drug-likeness (QED) is 0.802. The van der Waals surface area contributed by atoms with Crippen molar-refractivity contribution in [3.05, 3.63) is 35.9 Å². The molecule has 0 aromatic heterocycles. The highest BCUT2D eigenvalue weighted by atomic mass is 16.6. The van der Waals surface area contributed by atoms with Crippen LogP contribution in [0.25, 0.3) is 0 Å². The first-order valence-electron chi connectivity index (χ1n) is 7.00. The number of carbonyl (C=O) groups is 2. The van der Waals surface area contributed by atoms with Crippen LogP contribution < -0.4 is 0 Å². The summed E-state index contributed by atoms with van der Waals surface area (Å²) in [6, 6.07) is 9.66. The maximum absolute atomic E-state index is 11.9. The minimum atomic E-state index is -0.568. The number of rotatable bonds is 3. The lowest BCUT2D eigenvalue weighted by Crippen LogP contribution is -2.38. The maximum Gasteiger partial charge on any atom is 0.328 e. The first kappa shape index (κ1) is 15.2. The third-order valence-electron chi connectivity index (χ3n) is 2.91. The Balaban J connectivity index is 2.11. The van der Waals surface area contributed by atoms with Crippen LogP contribution in [-0.4, -0.2) is 34.7 Å². The first-order chi connectivity index (χ1) is 9.85. The molecule has 0 bridgehead atoms. The Labute approximate surface area is 124 Å². The lowest BCUT2D eigenvalue weighted by Gasteiger charge is -2.25. The van der Waals surface area contributed by atoms with E-state index >= 15 is 0 Å². The van der Waals surface area contributed by atoms with Gasteiger partial charge in [-0.1, -0.05) is 30.3 Å². The van der Waals surface area contributed by atoms with E-state index in [1.54, 1.807) is 20.8 Å². The van der Waals surface area contributed by atoms with Gasteiger partial charge in [0.1, 0.15) is 12.1 Å². The van der Waals surface area contributed by atoms with Gasteiger partial charge in [0.2, 0.25) is 5.91 Å². The standard InChI is InChI=1S/C16H20N2O3/c1-16(2,3)21-15(20)11-18-14(19)10-9-13(17-18)12-7-5-4-6-8-12/h4-8H,9-11H2,1-3H3. The molecule has 1 aliphatic rings. The zero-order valence-corrected chi connectivity index (χ0v) is 12.6. The number of nitrogens with zero attached hydrogens (tertiary/aromatic N) is 2. The topological polar surface area (TPSA) is 59.0 Å². The lowest BCUT2D eigenvalue weighted by molar-refractivity contribution is -0.159. The van der Waals surface area contributed by atoms with E-state index in [4.69, 9.17) is 4.74 Å². The summed E-state index contributed by atoms with van der Waals surface area (Å²) < 4.78 is 5.23. The molecule has 1 amide bonds. The van der Waals surface area contributed by atoms with Crippen molar-refractivity contribution < 1.29 is 14.3 Å². The van der Waals surface area contributed by atoms with Crippen molar-refractivity contribution in [1.29, 1.82) is 0 Å². The fraction of sp³-hybridized carbons (Fsp3) is 0.438. The predicted molar refractivity (Wildman–Crippen MR) is 79.8 cm³/mol.